The smallest absolute Gasteiger partial charge is 0.346 e. The van der Waals surface area contributed by atoms with Crippen molar-refractivity contribution in [3.8, 4) is 0 Å². The van der Waals surface area contributed by atoms with Gasteiger partial charge in [-0.05, 0) is 19.3 Å². The monoisotopic (exact) mass is 272 g/mol. The van der Waals surface area contributed by atoms with E-state index in [9.17, 15) is 9.59 Å². The van der Waals surface area contributed by atoms with Gasteiger partial charge in [0.05, 0.1) is 6.10 Å². The first-order chi connectivity index (χ1) is 9.02. The van der Waals surface area contributed by atoms with Gasteiger partial charge >= 0.3 is 11.9 Å². The molecule has 0 radical (unpaired) electrons. The van der Waals surface area contributed by atoms with Gasteiger partial charge in [-0.1, -0.05) is 39.5 Å². The molecular formula is C14H24O5. The van der Waals surface area contributed by atoms with Gasteiger partial charge in [0.1, 0.15) is 6.26 Å². The minimum Gasteiger partial charge on any atom is -0.497 e. The van der Waals surface area contributed by atoms with Crippen LogP contribution in [0.4, 0.5) is 0 Å². The zero-order valence-electron chi connectivity index (χ0n) is 11.7. The van der Waals surface area contributed by atoms with Crippen LogP contribution in [0.25, 0.3) is 0 Å². The highest BCUT2D eigenvalue weighted by Gasteiger charge is 2.17. The molecule has 0 aliphatic rings. The van der Waals surface area contributed by atoms with E-state index in [2.05, 4.69) is 6.92 Å². The second-order valence-corrected chi connectivity index (χ2v) is 4.54. The van der Waals surface area contributed by atoms with Gasteiger partial charge < -0.3 is 14.9 Å². The first-order valence-corrected chi connectivity index (χ1v) is 6.85. The zero-order chi connectivity index (χ0) is 14.7. The minimum absolute atomic E-state index is 0.101. The average Bonchev–Trinajstić information content (AvgIpc) is 2.33. The lowest BCUT2D eigenvalue weighted by Gasteiger charge is -2.16. The second kappa shape index (κ2) is 10.4. The molecule has 0 aromatic heterocycles. The highest BCUT2D eigenvalue weighted by atomic mass is 16.5. The maximum absolute atomic E-state index is 10.7. The SMILES string of the molecule is CCCCCCC(CCC)OC=C(C(=O)O)C(=O)O. The maximum Gasteiger partial charge on any atom is 0.346 e. The fourth-order valence-electron chi connectivity index (χ4n) is 1.76. The van der Waals surface area contributed by atoms with Crippen LogP contribution in [-0.2, 0) is 14.3 Å². The van der Waals surface area contributed by atoms with Gasteiger partial charge in [0, 0.05) is 0 Å². The van der Waals surface area contributed by atoms with E-state index in [1.807, 2.05) is 6.92 Å². The highest BCUT2D eigenvalue weighted by molar-refractivity contribution is 6.12. The molecule has 0 aromatic rings. The van der Waals surface area contributed by atoms with Gasteiger partial charge in [-0.3, -0.25) is 0 Å². The van der Waals surface area contributed by atoms with Crippen LogP contribution in [0.1, 0.15) is 58.8 Å². The molecule has 110 valence electrons. The summed E-state index contributed by atoms with van der Waals surface area (Å²) in [7, 11) is 0. The van der Waals surface area contributed by atoms with Crippen molar-refractivity contribution in [3.05, 3.63) is 11.8 Å². The summed E-state index contributed by atoms with van der Waals surface area (Å²) >= 11 is 0. The number of unbranched alkanes of at least 4 members (excludes halogenated alkanes) is 3. The Labute approximate surface area is 114 Å². The molecule has 0 fully saturated rings. The van der Waals surface area contributed by atoms with Crippen molar-refractivity contribution in [1.29, 1.82) is 0 Å². The molecule has 5 heteroatoms. The van der Waals surface area contributed by atoms with Gasteiger partial charge in [-0.2, -0.15) is 0 Å². The first-order valence-electron chi connectivity index (χ1n) is 6.85. The van der Waals surface area contributed by atoms with Crippen molar-refractivity contribution in [2.45, 2.75) is 64.9 Å². The Morgan fingerprint density at radius 1 is 1.00 bits per heavy atom. The van der Waals surface area contributed by atoms with Crippen LogP contribution in [0.15, 0.2) is 11.8 Å². The molecule has 1 atom stereocenters. The van der Waals surface area contributed by atoms with Gasteiger partial charge in [-0.25, -0.2) is 9.59 Å². The van der Waals surface area contributed by atoms with E-state index in [0.29, 0.717) is 0 Å². The number of ether oxygens (including phenoxy) is 1. The Balaban J connectivity index is 4.35. The summed E-state index contributed by atoms with van der Waals surface area (Å²) in [5, 5.41) is 17.4. The van der Waals surface area contributed by atoms with Crippen LogP contribution >= 0.6 is 0 Å². The van der Waals surface area contributed by atoms with Crippen LogP contribution < -0.4 is 0 Å². The van der Waals surface area contributed by atoms with Crippen molar-refractivity contribution < 1.29 is 24.5 Å². The lowest BCUT2D eigenvalue weighted by atomic mass is 10.1. The zero-order valence-corrected chi connectivity index (χ0v) is 11.7. The summed E-state index contributed by atoms with van der Waals surface area (Å²) in [5.74, 6) is -2.96. The maximum atomic E-state index is 10.7. The Bertz CT molecular complexity index is 293. The number of rotatable bonds is 11. The van der Waals surface area contributed by atoms with E-state index in [-0.39, 0.29) is 6.10 Å². The summed E-state index contributed by atoms with van der Waals surface area (Å²) in [5.41, 5.74) is -0.727. The number of hydrogen-bond acceptors (Lipinski definition) is 3. The van der Waals surface area contributed by atoms with Crippen molar-refractivity contribution in [2.75, 3.05) is 0 Å². The number of carboxylic acids is 2. The molecule has 0 aliphatic heterocycles. The summed E-state index contributed by atoms with van der Waals surface area (Å²) in [6.07, 6.45) is 7.77. The van der Waals surface area contributed by atoms with Gasteiger partial charge in [0.25, 0.3) is 0 Å². The molecule has 0 saturated heterocycles. The van der Waals surface area contributed by atoms with Crippen LogP contribution in [0.5, 0.6) is 0 Å². The van der Waals surface area contributed by atoms with E-state index >= 15 is 0 Å². The van der Waals surface area contributed by atoms with Gasteiger partial charge in [-0.15, -0.1) is 0 Å². The molecule has 0 amide bonds. The Morgan fingerprint density at radius 2 is 1.63 bits per heavy atom. The number of aliphatic carboxylic acids is 2. The highest BCUT2D eigenvalue weighted by Crippen LogP contribution is 2.14. The average molecular weight is 272 g/mol. The number of carboxylic acid groups (broad SMARTS) is 2. The summed E-state index contributed by atoms with van der Waals surface area (Å²) < 4.78 is 5.32. The quantitative estimate of drug-likeness (QED) is 0.198. The summed E-state index contributed by atoms with van der Waals surface area (Å²) in [4.78, 5) is 21.4. The first kappa shape index (κ1) is 17.5. The van der Waals surface area contributed by atoms with Gasteiger partial charge in [0.2, 0.25) is 0 Å². The molecule has 0 saturated carbocycles. The molecule has 0 bridgehead atoms. The van der Waals surface area contributed by atoms with E-state index in [1.54, 1.807) is 0 Å². The lowest BCUT2D eigenvalue weighted by molar-refractivity contribution is -0.140. The largest absolute Gasteiger partial charge is 0.497 e. The van der Waals surface area contributed by atoms with Crippen molar-refractivity contribution in [1.82, 2.24) is 0 Å². The fraction of sp³-hybridized carbons (Fsp3) is 0.714. The predicted octanol–water partition coefficient (Wildman–Crippen LogP) is 3.20. The molecule has 19 heavy (non-hydrogen) atoms. The van der Waals surface area contributed by atoms with Crippen LogP contribution in [0, 0.1) is 0 Å². The third-order valence-electron chi connectivity index (χ3n) is 2.83. The third-order valence-corrected chi connectivity index (χ3v) is 2.83. The van der Waals surface area contributed by atoms with E-state index in [1.165, 1.54) is 6.42 Å². The molecule has 0 rings (SSSR count). The number of hydrogen-bond donors (Lipinski definition) is 2. The molecular weight excluding hydrogens is 248 g/mol. The topological polar surface area (TPSA) is 83.8 Å². The molecule has 0 spiro atoms. The van der Waals surface area contributed by atoms with E-state index in [0.717, 1.165) is 44.8 Å². The fourth-order valence-corrected chi connectivity index (χ4v) is 1.76. The lowest BCUT2D eigenvalue weighted by Crippen LogP contribution is -2.15. The third kappa shape index (κ3) is 8.24. The second-order valence-electron chi connectivity index (χ2n) is 4.54. The minimum atomic E-state index is -1.48. The predicted molar refractivity (Wildman–Crippen MR) is 71.9 cm³/mol. The van der Waals surface area contributed by atoms with Gasteiger partial charge in [0.15, 0.2) is 5.57 Å². The van der Waals surface area contributed by atoms with Crippen molar-refractivity contribution in [3.63, 3.8) is 0 Å². The standard InChI is InChI=1S/C14H24O5/c1-3-5-6-7-9-11(8-4-2)19-10-12(13(15)16)14(17)18/h10-11H,3-9H2,1-2H3,(H,15,16)(H,17,18). The molecule has 0 aliphatic carbocycles. The molecule has 1 unspecified atom stereocenters. The van der Waals surface area contributed by atoms with Crippen LogP contribution in [0.2, 0.25) is 0 Å². The molecule has 0 aromatic carbocycles. The van der Waals surface area contributed by atoms with Crippen molar-refractivity contribution >= 4 is 11.9 Å². The van der Waals surface area contributed by atoms with Crippen LogP contribution in [-0.4, -0.2) is 28.3 Å². The number of carbonyl (C=O) groups is 2. The van der Waals surface area contributed by atoms with Crippen LogP contribution in [0.3, 0.4) is 0 Å². The molecule has 0 heterocycles. The molecule has 5 nitrogen and oxygen atoms in total. The normalized spacial score (nSPS) is 11.7. The Kier molecular flexibility index (Phi) is 9.57. The Hall–Kier alpha value is -1.52. The summed E-state index contributed by atoms with van der Waals surface area (Å²) in [6, 6.07) is 0. The van der Waals surface area contributed by atoms with Crippen molar-refractivity contribution in [2.24, 2.45) is 0 Å². The Morgan fingerprint density at radius 3 is 2.11 bits per heavy atom. The summed E-state index contributed by atoms with van der Waals surface area (Å²) in [6.45, 7) is 4.15. The molecule has 2 N–H and O–H groups in total. The van der Waals surface area contributed by atoms with E-state index in [4.69, 9.17) is 14.9 Å². The van der Waals surface area contributed by atoms with E-state index < -0.39 is 17.5 Å².